The fraction of sp³-hybridized carbons (Fsp3) is 0.100. The Balaban J connectivity index is 2.69. The Hall–Kier alpha value is -2.77. The van der Waals surface area contributed by atoms with Gasteiger partial charge in [0, 0.05) is 5.69 Å². The molecule has 6 N–H and O–H groups in total. The predicted octanol–water partition coefficient (Wildman–Crippen LogP) is -0.459. The van der Waals surface area contributed by atoms with Crippen LogP contribution >= 0.6 is 0 Å². The highest BCUT2D eigenvalue weighted by molar-refractivity contribution is 5.95. The summed E-state index contributed by atoms with van der Waals surface area (Å²) in [7, 11) is 0. The molecule has 0 saturated carbocycles. The molecule has 3 amide bonds. The van der Waals surface area contributed by atoms with E-state index >= 15 is 0 Å². The summed E-state index contributed by atoms with van der Waals surface area (Å²) in [6, 6.07) is 2.92. The fourth-order valence-corrected chi connectivity index (χ4v) is 1.13. The molecule has 0 heterocycles. The van der Waals surface area contributed by atoms with Crippen LogP contribution in [0, 0.1) is 0 Å². The summed E-state index contributed by atoms with van der Waals surface area (Å²) in [6.07, 6.45) is 0. The molecule has 8 heteroatoms. The lowest BCUT2D eigenvalue weighted by molar-refractivity contribution is -0.121. The Bertz CT molecular complexity index is 500. The molecule has 1 aromatic rings. The van der Waals surface area contributed by atoms with E-state index in [0.717, 1.165) is 0 Å². The number of carbonyl (C=O) groups is 3. The summed E-state index contributed by atoms with van der Waals surface area (Å²) in [5.74, 6) is -1.81. The number of urea groups is 1. The molecule has 0 radical (unpaired) electrons. The van der Waals surface area contributed by atoms with Crippen molar-refractivity contribution >= 4 is 23.6 Å². The van der Waals surface area contributed by atoms with Gasteiger partial charge in [0.05, 0.1) is 5.56 Å². The van der Waals surface area contributed by atoms with Gasteiger partial charge in [0.25, 0.3) is 5.91 Å². The first-order valence-electron chi connectivity index (χ1n) is 4.75. The minimum atomic E-state index is -1.21. The zero-order chi connectivity index (χ0) is 13.7. The Morgan fingerprint density at radius 3 is 2.56 bits per heavy atom. The molecule has 0 aromatic heterocycles. The zero-order valence-electron chi connectivity index (χ0n) is 9.17. The van der Waals surface area contributed by atoms with E-state index in [-0.39, 0.29) is 17.0 Å². The summed E-state index contributed by atoms with van der Waals surface area (Å²) in [6.45, 7) is -0.466. The number of aromatic carboxylic acids is 1. The number of carboxylic acid groups (broad SMARTS) is 1. The van der Waals surface area contributed by atoms with E-state index in [0.29, 0.717) is 0 Å². The second-order valence-corrected chi connectivity index (χ2v) is 3.26. The number of rotatable bonds is 4. The molecule has 0 bridgehead atoms. The van der Waals surface area contributed by atoms with Crippen LogP contribution in [0.15, 0.2) is 18.2 Å². The van der Waals surface area contributed by atoms with E-state index in [1.807, 2.05) is 0 Å². The van der Waals surface area contributed by atoms with Gasteiger partial charge >= 0.3 is 12.0 Å². The van der Waals surface area contributed by atoms with E-state index in [1.165, 1.54) is 18.2 Å². The van der Waals surface area contributed by atoms with Crippen molar-refractivity contribution in [2.75, 3.05) is 12.3 Å². The van der Waals surface area contributed by atoms with Gasteiger partial charge in [-0.25, -0.2) is 9.59 Å². The molecule has 0 saturated heterocycles. The topological polar surface area (TPSA) is 145 Å². The number of carbonyl (C=O) groups excluding carboxylic acids is 2. The SMILES string of the molecule is NC(=O)NC(=O)COc1ccc(N)c(C(=O)O)c1. The van der Waals surface area contributed by atoms with Crippen LogP contribution in [0.5, 0.6) is 5.75 Å². The van der Waals surface area contributed by atoms with Crippen molar-refractivity contribution in [1.29, 1.82) is 0 Å². The van der Waals surface area contributed by atoms with Crippen molar-refractivity contribution in [2.45, 2.75) is 0 Å². The summed E-state index contributed by atoms with van der Waals surface area (Å²) < 4.78 is 4.98. The third kappa shape index (κ3) is 3.67. The number of imide groups is 1. The Morgan fingerprint density at radius 2 is 2.00 bits per heavy atom. The zero-order valence-corrected chi connectivity index (χ0v) is 9.17. The van der Waals surface area contributed by atoms with Crippen molar-refractivity contribution < 1.29 is 24.2 Å². The molecule has 1 aromatic carbocycles. The van der Waals surface area contributed by atoms with Gasteiger partial charge in [-0.1, -0.05) is 0 Å². The number of benzene rings is 1. The maximum absolute atomic E-state index is 11.0. The van der Waals surface area contributed by atoms with E-state index in [9.17, 15) is 14.4 Å². The lowest BCUT2D eigenvalue weighted by atomic mass is 10.2. The molecular formula is C10H11N3O5. The summed E-state index contributed by atoms with van der Waals surface area (Å²) in [5.41, 5.74) is 10.1. The molecule has 18 heavy (non-hydrogen) atoms. The fourth-order valence-electron chi connectivity index (χ4n) is 1.13. The first kappa shape index (κ1) is 13.3. The van der Waals surface area contributed by atoms with Crippen LogP contribution in [-0.2, 0) is 4.79 Å². The van der Waals surface area contributed by atoms with E-state index in [2.05, 4.69) is 0 Å². The number of hydrogen-bond donors (Lipinski definition) is 4. The molecule has 0 spiro atoms. The maximum Gasteiger partial charge on any atom is 0.337 e. The van der Waals surface area contributed by atoms with Crippen molar-refractivity contribution in [2.24, 2.45) is 5.73 Å². The second-order valence-electron chi connectivity index (χ2n) is 3.26. The minimum absolute atomic E-state index is 0.0800. The van der Waals surface area contributed by atoms with Gasteiger partial charge in [0.1, 0.15) is 5.75 Å². The van der Waals surface area contributed by atoms with Crippen LogP contribution in [0.2, 0.25) is 0 Å². The number of hydrogen-bond acceptors (Lipinski definition) is 5. The second kappa shape index (κ2) is 5.53. The monoisotopic (exact) mass is 253 g/mol. The van der Waals surface area contributed by atoms with Gasteiger partial charge in [-0.15, -0.1) is 0 Å². The molecule has 0 aliphatic heterocycles. The minimum Gasteiger partial charge on any atom is -0.484 e. The predicted molar refractivity (Wildman–Crippen MR) is 61.0 cm³/mol. The average molecular weight is 253 g/mol. The normalized spacial score (nSPS) is 9.56. The number of ether oxygens (including phenoxy) is 1. The Kier molecular flexibility index (Phi) is 4.08. The number of carboxylic acids is 1. The third-order valence-electron chi connectivity index (χ3n) is 1.89. The lowest BCUT2D eigenvalue weighted by Crippen LogP contribution is -2.38. The largest absolute Gasteiger partial charge is 0.484 e. The van der Waals surface area contributed by atoms with E-state index < -0.39 is 24.5 Å². The Morgan fingerprint density at radius 1 is 1.33 bits per heavy atom. The Labute approximate surface area is 102 Å². The van der Waals surface area contributed by atoms with Crippen molar-refractivity contribution in [3.8, 4) is 5.75 Å². The van der Waals surface area contributed by atoms with Crippen LogP contribution in [0.3, 0.4) is 0 Å². The molecule has 0 aliphatic carbocycles. The molecule has 1 rings (SSSR count). The first-order valence-corrected chi connectivity index (χ1v) is 4.75. The van der Waals surface area contributed by atoms with Crippen molar-refractivity contribution in [1.82, 2.24) is 5.32 Å². The third-order valence-corrected chi connectivity index (χ3v) is 1.89. The quantitative estimate of drug-likeness (QED) is 0.534. The molecule has 0 fully saturated rings. The highest BCUT2D eigenvalue weighted by Crippen LogP contribution is 2.19. The first-order chi connectivity index (χ1) is 8.40. The number of nitrogen functional groups attached to an aromatic ring is 1. The van der Waals surface area contributed by atoms with Crippen LogP contribution in [-0.4, -0.2) is 29.6 Å². The van der Waals surface area contributed by atoms with Gasteiger partial charge in [-0.2, -0.15) is 0 Å². The smallest absolute Gasteiger partial charge is 0.337 e. The van der Waals surface area contributed by atoms with Gasteiger partial charge in [-0.05, 0) is 18.2 Å². The van der Waals surface area contributed by atoms with Gasteiger partial charge in [0.15, 0.2) is 6.61 Å². The van der Waals surface area contributed by atoms with Gasteiger partial charge in [0.2, 0.25) is 0 Å². The van der Waals surface area contributed by atoms with Crippen LogP contribution in [0.25, 0.3) is 0 Å². The molecule has 8 nitrogen and oxygen atoms in total. The van der Waals surface area contributed by atoms with Crippen LogP contribution in [0.4, 0.5) is 10.5 Å². The summed E-state index contributed by atoms with van der Waals surface area (Å²) in [5, 5.41) is 10.6. The molecular weight excluding hydrogens is 242 g/mol. The lowest BCUT2D eigenvalue weighted by Gasteiger charge is -2.07. The van der Waals surface area contributed by atoms with Crippen molar-refractivity contribution in [3.05, 3.63) is 23.8 Å². The number of anilines is 1. The number of nitrogens with one attached hydrogen (secondary N) is 1. The molecule has 0 aliphatic rings. The highest BCUT2D eigenvalue weighted by Gasteiger charge is 2.10. The van der Waals surface area contributed by atoms with E-state index in [4.69, 9.17) is 21.3 Å². The van der Waals surface area contributed by atoms with Crippen LogP contribution < -0.4 is 21.5 Å². The van der Waals surface area contributed by atoms with Crippen LogP contribution in [0.1, 0.15) is 10.4 Å². The molecule has 96 valence electrons. The van der Waals surface area contributed by atoms with Crippen molar-refractivity contribution in [3.63, 3.8) is 0 Å². The summed E-state index contributed by atoms with van der Waals surface area (Å²) >= 11 is 0. The van der Waals surface area contributed by atoms with E-state index in [1.54, 1.807) is 5.32 Å². The van der Waals surface area contributed by atoms with Gasteiger partial charge < -0.3 is 21.3 Å². The standard InChI is InChI=1S/C10H11N3O5/c11-7-2-1-5(3-6(7)9(15)16)18-4-8(14)13-10(12)17/h1-3H,4,11H2,(H,15,16)(H3,12,13,14,17). The number of primary amides is 1. The molecule has 0 atom stereocenters. The number of nitrogens with two attached hydrogens (primary N) is 2. The highest BCUT2D eigenvalue weighted by atomic mass is 16.5. The summed E-state index contributed by atoms with van der Waals surface area (Å²) in [4.78, 5) is 32.2. The maximum atomic E-state index is 11.0. The van der Waals surface area contributed by atoms with Gasteiger partial charge in [-0.3, -0.25) is 10.1 Å². The number of amides is 3. The molecule has 0 unspecified atom stereocenters. The average Bonchev–Trinajstić information content (AvgIpc) is 2.26.